The standard InChI is InChI=1S/C12H7F2N3O/c13-7-3-9-10(4-8(7)14)17-12(16-9)6-5-15-2-1-11(6)18/h1-5H,(H,15,18)(H,16,17). The normalized spacial score (nSPS) is 11.0. The van der Waals surface area contributed by atoms with Crippen LogP contribution in [0.25, 0.3) is 22.4 Å². The lowest BCUT2D eigenvalue weighted by Crippen LogP contribution is -2.03. The number of nitrogens with one attached hydrogen (secondary N) is 2. The van der Waals surface area contributed by atoms with Gasteiger partial charge in [-0.1, -0.05) is 0 Å². The van der Waals surface area contributed by atoms with Gasteiger partial charge in [-0.15, -0.1) is 0 Å². The van der Waals surface area contributed by atoms with E-state index in [9.17, 15) is 13.6 Å². The summed E-state index contributed by atoms with van der Waals surface area (Å²) in [5.74, 6) is -1.65. The van der Waals surface area contributed by atoms with Gasteiger partial charge in [0, 0.05) is 30.6 Å². The number of fused-ring (bicyclic) bond motifs is 1. The van der Waals surface area contributed by atoms with Crippen LogP contribution in [0.3, 0.4) is 0 Å². The molecular weight excluding hydrogens is 240 g/mol. The number of imidazole rings is 1. The lowest BCUT2D eigenvalue weighted by molar-refractivity contribution is 0.510. The maximum absolute atomic E-state index is 13.0. The number of benzene rings is 1. The molecule has 0 atom stereocenters. The molecule has 0 spiro atoms. The highest BCUT2D eigenvalue weighted by molar-refractivity contribution is 5.79. The van der Waals surface area contributed by atoms with Crippen LogP contribution in [0.4, 0.5) is 8.78 Å². The number of aromatic nitrogens is 3. The van der Waals surface area contributed by atoms with E-state index in [2.05, 4.69) is 15.0 Å². The highest BCUT2D eigenvalue weighted by Gasteiger charge is 2.11. The summed E-state index contributed by atoms with van der Waals surface area (Å²) in [6.07, 6.45) is 2.97. The summed E-state index contributed by atoms with van der Waals surface area (Å²) in [5, 5.41) is 0. The first-order valence-corrected chi connectivity index (χ1v) is 5.17. The highest BCUT2D eigenvalue weighted by atomic mass is 19.2. The van der Waals surface area contributed by atoms with Gasteiger partial charge >= 0.3 is 0 Å². The molecule has 18 heavy (non-hydrogen) atoms. The van der Waals surface area contributed by atoms with Crippen molar-refractivity contribution in [3.05, 3.63) is 52.5 Å². The molecule has 3 aromatic rings. The third kappa shape index (κ3) is 1.58. The second-order valence-corrected chi connectivity index (χ2v) is 3.79. The molecule has 0 aliphatic rings. The third-order valence-corrected chi connectivity index (χ3v) is 2.60. The third-order valence-electron chi connectivity index (χ3n) is 2.60. The van der Waals surface area contributed by atoms with E-state index >= 15 is 0 Å². The van der Waals surface area contributed by atoms with Crippen molar-refractivity contribution in [2.45, 2.75) is 0 Å². The Bertz CT molecular complexity index is 752. The molecule has 0 radical (unpaired) electrons. The number of halogens is 2. The zero-order valence-electron chi connectivity index (χ0n) is 9.00. The van der Waals surface area contributed by atoms with Crippen molar-refractivity contribution in [3.63, 3.8) is 0 Å². The minimum absolute atomic E-state index is 0.228. The van der Waals surface area contributed by atoms with Gasteiger partial charge in [0.1, 0.15) is 5.82 Å². The second-order valence-electron chi connectivity index (χ2n) is 3.79. The first kappa shape index (κ1) is 10.6. The summed E-state index contributed by atoms with van der Waals surface area (Å²) >= 11 is 0. The molecule has 90 valence electrons. The first-order chi connectivity index (χ1) is 8.65. The van der Waals surface area contributed by atoms with Gasteiger partial charge in [-0.05, 0) is 0 Å². The van der Waals surface area contributed by atoms with Crippen LogP contribution in [0, 0.1) is 11.6 Å². The fourth-order valence-electron chi connectivity index (χ4n) is 1.73. The molecule has 0 aliphatic heterocycles. The number of hydrogen-bond donors (Lipinski definition) is 2. The van der Waals surface area contributed by atoms with Gasteiger partial charge in [0.2, 0.25) is 0 Å². The Morgan fingerprint density at radius 1 is 1.17 bits per heavy atom. The summed E-state index contributed by atoms with van der Waals surface area (Å²) < 4.78 is 26.1. The zero-order valence-corrected chi connectivity index (χ0v) is 9.00. The van der Waals surface area contributed by atoms with Gasteiger partial charge in [-0.25, -0.2) is 13.8 Å². The predicted molar refractivity (Wildman–Crippen MR) is 62.1 cm³/mol. The fraction of sp³-hybridized carbons (Fsp3) is 0. The van der Waals surface area contributed by atoms with Gasteiger partial charge in [0.15, 0.2) is 17.1 Å². The van der Waals surface area contributed by atoms with Crippen LogP contribution in [0.2, 0.25) is 0 Å². The van der Waals surface area contributed by atoms with Crippen LogP contribution in [0.5, 0.6) is 0 Å². The van der Waals surface area contributed by atoms with Crippen LogP contribution in [-0.4, -0.2) is 15.0 Å². The molecule has 0 aliphatic carbocycles. The summed E-state index contributed by atoms with van der Waals surface area (Å²) in [6.45, 7) is 0. The van der Waals surface area contributed by atoms with Crippen LogP contribution < -0.4 is 5.43 Å². The fourth-order valence-corrected chi connectivity index (χ4v) is 1.73. The van der Waals surface area contributed by atoms with Gasteiger partial charge in [0.25, 0.3) is 0 Å². The molecule has 3 rings (SSSR count). The topological polar surface area (TPSA) is 61.5 Å². The predicted octanol–water partition coefficient (Wildman–Crippen LogP) is 2.20. The van der Waals surface area contributed by atoms with Crippen molar-refractivity contribution in [2.75, 3.05) is 0 Å². The molecule has 1 aromatic carbocycles. The summed E-state index contributed by atoms with van der Waals surface area (Å²) in [5.41, 5.74) is 0.697. The van der Waals surface area contributed by atoms with Gasteiger partial charge < -0.3 is 9.97 Å². The van der Waals surface area contributed by atoms with Crippen molar-refractivity contribution < 1.29 is 8.78 Å². The molecule has 6 heteroatoms. The molecule has 2 N–H and O–H groups in total. The molecule has 2 heterocycles. The molecule has 0 unspecified atom stereocenters. The minimum Gasteiger partial charge on any atom is -0.367 e. The molecule has 0 amide bonds. The largest absolute Gasteiger partial charge is 0.367 e. The van der Waals surface area contributed by atoms with Gasteiger partial charge in [-0.2, -0.15) is 0 Å². The van der Waals surface area contributed by atoms with Gasteiger partial charge in [-0.3, -0.25) is 4.79 Å². The van der Waals surface area contributed by atoms with Crippen LogP contribution in [0.15, 0.2) is 35.4 Å². The molecule has 0 bridgehead atoms. The Labute approximate surface area is 99.3 Å². The van der Waals surface area contributed by atoms with Gasteiger partial charge in [0.05, 0.1) is 16.6 Å². The number of H-pyrrole nitrogens is 2. The molecule has 0 fully saturated rings. The Balaban J connectivity index is 2.26. The Morgan fingerprint density at radius 3 is 2.72 bits per heavy atom. The van der Waals surface area contributed by atoms with Crippen LogP contribution in [0.1, 0.15) is 0 Å². The zero-order chi connectivity index (χ0) is 12.7. The highest BCUT2D eigenvalue weighted by Crippen LogP contribution is 2.20. The van der Waals surface area contributed by atoms with Crippen molar-refractivity contribution in [1.82, 2.24) is 15.0 Å². The quantitative estimate of drug-likeness (QED) is 0.692. The number of aromatic amines is 2. The minimum atomic E-state index is -0.970. The first-order valence-electron chi connectivity index (χ1n) is 5.17. The maximum atomic E-state index is 13.0. The van der Waals surface area contributed by atoms with E-state index in [1.807, 2.05) is 0 Å². The number of pyridine rings is 1. The number of rotatable bonds is 1. The summed E-state index contributed by atoms with van der Waals surface area (Å²) in [7, 11) is 0. The maximum Gasteiger partial charge on any atom is 0.192 e. The average Bonchev–Trinajstić information content (AvgIpc) is 2.73. The number of hydrogen-bond acceptors (Lipinski definition) is 2. The Morgan fingerprint density at radius 2 is 1.94 bits per heavy atom. The van der Waals surface area contributed by atoms with Crippen LogP contribution >= 0.6 is 0 Å². The lowest BCUT2D eigenvalue weighted by atomic mass is 10.2. The van der Waals surface area contributed by atoms with E-state index in [1.165, 1.54) is 18.5 Å². The van der Waals surface area contributed by atoms with Crippen LogP contribution in [-0.2, 0) is 0 Å². The van der Waals surface area contributed by atoms with Crippen molar-refractivity contribution in [3.8, 4) is 11.4 Å². The monoisotopic (exact) mass is 247 g/mol. The lowest BCUT2D eigenvalue weighted by Gasteiger charge is -1.92. The molecule has 4 nitrogen and oxygen atoms in total. The number of nitrogens with zero attached hydrogens (tertiary/aromatic N) is 1. The van der Waals surface area contributed by atoms with Crippen molar-refractivity contribution in [2.24, 2.45) is 0 Å². The van der Waals surface area contributed by atoms with E-state index in [0.29, 0.717) is 11.1 Å². The molecule has 2 aromatic heterocycles. The Hall–Kier alpha value is -2.50. The molecule has 0 saturated carbocycles. The summed E-state index contributed by atoms with van der Waals surface area (Å²) in [4.78, 5) is 21.2. The molecular formula is C12H7F2N3O. The van der Waals surface area contributed by atoms with E-state index in [1.54, 1.807) is 0 Å². The van der Waals surface area contributed by atoms with E-state index in [-0.39, 0.29) is 16.8 Å². The van der Waals surface area contributed by atoms with E-state index in [0.717, 1.165) is 12.1 Å². The molecule has 0 saturated heterocycles. The van der Waals surface area contributed by atoms with E-state index < -0.39 is 11.6 Å². The Kier molecular flexibility index (Phi) is 2.22. The summed E-state index contributed by atoms with van der Waals surface area (Å²) in [6, 6.07) is 3.35. The van der Waals surface area contributed by atoms with Crippen molar-refractivity contribution in [1.29, 1.82) is 0 Å². The smallest absolute Gasteiger partial charge is 0.192 e. The second kappa shape index (κ2) is 3.76. The average molecular weight is 247 g/mol. The van der Waals surface area contributed by atoms with E-state index in [4.69, 9.17) is 0 Å². The SMILES string of the molecule is O=c1cc[nH]cc1-c1nc2cc(F)c(F)cc2[nH]1. The van der Waals surface area contributed by atoms with Crippen molar-refractivity contribution >= 4 is 11.0 Å².